The molecule has 1 aromatic heterocycles. The van der Waals surface area contributed by atoms with Crippen LogP contribution in [0, 0.1) is 11.3 Å². The van der Waals surface area contributed by atoms with Crippen molar-refractivity contribution >= 4 is 17.2 Å². The Balaban J connectivity index is 2.72. The van der Waals surface area contributed by atoms with Gasteiger partial charge in [0.05, 0.1) is 12.2 Å². The van der Waals surface area contributed by atoms with Crippen molar-refractivity contribution in [2.24, 2.45) is 0 Å². The number of nitrogens with zero attached hydrogens (tertiary/aromatic N) is 1. The van der Waals surface area contributed by atoms with Crippen molar-refractivity contribution in [1.29, 1.82) is 5.26 Å². The van der Waals surface area contributed by atoms with Crippen LogP contribution in [-0.4, -0.2) is 24.2 Å². The normalized spacial score (nSPS) is 9.23. The number of thiophene rings is 1. The van der Waals surface area contributed by atoms with Crippen LogP contribution < -0.4 is 5.32 Å². The summed E-state index contributed by atoms with van der Waals surface area (Å²) in [4.78, 5) is 11.7. The van der Waals surface area contributed by atoms with Crippen LogP contribution in [0.5, 0.6) is 0 Å². The Labute approximate surface area is 79.4 Å². The Morgan fingerprint density at radius 1 is 1.77 bits per heavy atom. The van der Waals surface area contributed by atoms with Gasteiger partial charge in [0.15, 0.2) is 0 Å². The number of amides is 1. The molecule has 0 saturated heterocycles. The molecule has 1 aromatic rings. The summed E-state index contributed by atoms with van der Waals surface area (Å²) in [5, 5.41) is 21.2. The molecule has 0 aliphatic heterocycles. The Morgan fingerprint density at radius 2 is 2.54 bits per heavy atom. The summed E-state index contributed by atoms with van der Waals surface area (Å²) in [6.45, 7) is 0.112. The van der Waals surface area contributed by atoms with Gasteiger partial charge < -0.3 is 10.4 Å². The predicted octanol–water partition coefficient (Wildman–Crippen LogP) is 0.342. The first kappa shape index (κ1) is 9.71. The number of nitrogens with one attached hydrogen (secondary N) is 1. The lowest BCUT2D eigenvalue weighted by atomic mass is 10.3. The van der Waals surface area contributed by atoms with Crippen molar-refractivity contribution in [3.8, 4) is 6.07 Å². The molecule has 0 saturated carbocycles. The van der Waals surface area contributed by atoms with Crippen LogP contribution >= 0.6 is 11.3 Å². The molecular formula is C8H8N2O2S. The molecule has 1 heterocycles. The van der Waals surface area contributed by atoms with E-state index in [4.69, 9.17) is 10.4 Å². The van der Waals surface area contributed by atoms with Gasteiger partial charge in [-0.1, -0.05) is 0 Å². The molecule has 0 fully saturated rings. The smallest absolute Gasteiger partial charge is 0.262 e. The first-order chi connectivity index (χ1) is 6.29. The molecule has 2 N–H and O–H groups in total. The molecule has 0 aliphatic carbocycles. The maximum Gasteiger partial charge on any atom is 0.262 e. The third kappa shape index (κ3) is 2.28. The van der Waals surface area contributed by atoms with E-state index in [1.807, 2.05) is 6.07 Å². The van der Waals surface area contributed by atoms with Crippen molar-refractivity contribution in [2.75, 3.05) is 13.2 Å². The van der Waals surface area contributed by atoms with Gasteiger partial charge in [0.25, 0.3) is 5.91 Å². The average molecular weight is 196 g/mol. The van der Waals surface area contributed by atoms with E-state index in [9.17, 15) is 4.79 Å². The monoisotopic (exact) mass is 196 g/mol. The molecule has 0 unspecified atom stereocenters. The second-order valence-corrected chi connectivity index (χ2v) is 3.17. The van der Waals surface area contributed by atoms with Gasteiger partial charge >= 0.3 is 0 Å². The third-order valence-electron chi connectivity index (χ3n) is 1.39. The maximum absolute atomic E-state index is 11.3. The van der Waals surface area contributed by atoms with E-state index in [1.54, 1.807) is 11.4 Å². The fourth-order valence-corrected chi connectivity index (χ4v) is 1.58. The Bertz CT molecular complexity index is 340. The van der Waals surface area contributed by atoms with Gasteiger partial charge in [-0.3, -0.25) is 4.79 Å². The number of rotatable bonds is 3. The van der Waals surface area contributed by atoms with Gasteiger partial charge in [-0.25, -0.2) is 0 Å². The fraction of sp³-hybridized carbons (Fsp3) is 0.250. The van der Waals surface area contributed by atoms with E-state index in [2.05, 4.69) is 5.32 Å². The molecule has 1 rings (SSSR count). The van der Waals surface area contributed by atoms with Gasteiger partial charge in [0.2, 0.25) is 0 Å². The largest absolute Gasteiger partial charge is 0.395 e. The van der Waals surface area contributed by atoms with Gasteiger partial charge in [0.1, 0.15) is 10.9 Å². The Hall–Kier alpha value is -1.38. The lowest BCUT2D eigenvalue weighted by Gasteiger charge is -1.99. The van der Waals surface area contributed by atoms with Crippen LogP contribution in [0.15, 0.2) is 11.4 Å². The highest BCUT2D eigenvalue weighted by atomic mass is 32.1. The zero-order valence-corrected chi connectivity index (χ0v) is 7.60. The number of carbonyl (C=O) groups excluding carboxylic acids is 1. The molecule has 1 amide bonds. The molecule has 68 valence electrons. The highest BCUT2D eigenvalue weighted by Gasteiger charge is 2.11. The van der Waals surface area contributed by atoms with E-state index in [0.29, 0.717) is 10.4 Å². The number of hydrogen-bond acceptors (Lipinski definition) is 4. The van der Waals surface area contributed by atoms with Gasteiger partial charge in [-0.2, -0.15) is 5.26 Å². The number of nitriles is 1. The van der Waals surface area contributed by atoms with Crippen LogP contribution in [0.3, 0.4) is 0 Å². The summed E-state index contributed by atoms with van der Waals surface area (Å²) < 4.78 is 0. The Morgan fingerprint density at radius 3 is 3.15 bits per heavy atom. The first-order valence-electron chi connectivity index (χ1n) is 3.66. The van der Waals surface area contributed by atoms with Crippen molar-refractivity contribution < 1.29 is 9.90 Å². The first-order valence-corrected chi connectivity index (χ1v) is 4.54. The van der Waals surface area contributed by atoms with E-state index in [1.165, 1.54) is 11.3 Å². The lowest BCUT2D eigenvalue weighted by molar-refractivity contribution is 0.0948. The zero-order valence-electron chi connectivity index (χ0n) is 6.78. The summed E-state index contributed by atoms with van der Waals surface area (Å²) in [6.07, 6.45) is 0. The molecule has 0 atom stereocenters. The zero-order chi connectivity index (χ0) is 9.68. The minimum absolute atomic E-state index is 0.0982. The molecule has 13 heavy (non-hydrogen) atoms. The standard InChI is InChI=1S/C8H8N2O2S/c9-5-6-1-4-13-7(6)8(12)10-2-3-11/h1,4,11H,2-3H2,(H,10,12). The van der Waals surface area contributed by atoms with Crippen LogP contribution in [0.1, 0.15) is 15.2 Å². The minimum atomic E-state index is -0.305. The summed E-state index contributed by atoms with van der Waals surface area (Å²) in [5.41, 5.74) is 0.375. The van der Waals surface area contributed by atoms with Crippen LogP contribution in [0.4, 0.5) is 0 Å². The molecule has 0 bridgehead atoms. The van der Waals surface area contributed by atoms with Gasteiger partial charge in [0, 0.05) is 6.54 Å². The average Bonchev–Trinajstić information content (AvgIpc) is 2.61. The molecule has 5 heteroatoms. The number of hydrogen-bond donors (Lipinski definition) is 2. The highest BCUT2D eigenvalue weighted by molar-refractivity contribution is 7.12. The molecule has 0 aliphatic rings. The van der Waals surface area contributed by atoms with E-state index in [-0.39, 0.29) is 19.1 Å². The minimum Gasteiger partial charge on any atom is -0.395 e. The maximum atomic E-state index is 11.3. The summed E-state index contributed by atoms with van der Waals surface area (Å²) >= 11 is 1.22. The van der Waals surface area contributed by atoms with Gasteiger partial charge in [-0.05, 0) is 11.4 Å². The van der Waals surface area contributed by atoms with E-state index >= 15 is 0 Å². The van der Waals surface area contributed by atoms with Crippen molar-refractivity contribution in [3.05, 3.63) is 21.9 Å². The van der Waals surface area contributed by atoms with Crippen molar-refractivity contribution in [3.63, 3.8) is 0 Å². The van der Waals surface area contributed by atoms with Crippen LogP contribution in [0.2, 0.25) is 0 Å². The van der Waals surface area contributed by atoms with Crippen LogP contribution in [0.25, 0.3) is 0 Å². The van der Waals surface area contributed by atoms with E-state index in [0.717, 1.165) is 0 Å². The number of carbonyl (C=O) groups is 1. The van der Waals surface area contributed by atoms with Gasteiger partial charge in [-0.15, -0.1) is 11.3 Å². The SMILES string of the molecule is N#Cc1ccsc1C(=O)NCCO. The summed E-state index contributed by atoms with van der Waals surface area (Å²) in [6, 6.07) is 3.52. The van der Waals surface area contributed by atoms with E-state index < -0.39 is 0 Å². The molecular weight excluding hydrogens is 188 g/mol. The molecule has 0 aromatic carbocycles. The molecule has 0 spiro atoms. The number of aliphatic hydroxyl groups is 1. The topological polar surface area (TPSA) is 73.1 Å². The van der Waals surface area contributed by atoms with Crippen molar-refractivity contribution in [1.82, 2.24) is 5.32 Å². The third-order valence-corrected chi connectivity index (χ3v) is 2.30. The Kier molecular flexibility index (Phi) is 3.43. The summed E-state index contributed by atoms with van der Waals surface area (Å²) in [7, 11) is 0. The molecule has 4 nitrogen and oxygen atoms in total. The highest BCUT2D eigenvalue weighted by Crippen LogP contribution is 2.14. The predicted molar refractivity (Wildman–Crippen MR) is 48.5 cm³/mol. The lowest BCUT2D eigenvalue weighted by Crippen LogP contribution is -2.26. The molecule has 0 radical (unpaired) electrons. The number of aliphatic hydroxyl groups excluding tert-OH is 1. The second kappa shape index (κ2) is 4.60. The fourth-order valence-electron chi connectivity index (χ4n) is 0.823. The van der Waals surface area contributed by atoms with Crippen molar-refractivity contribution in [2.45, 2.75) is 0 Å². The second-order valence-electron chi connectivity index (χ2n) is 2.25. The summed E-state index contributed by atoms with van der Waals surface area (Å²) in [5.74, 6) is -0.305. The quantitative estimate of drug-likeness (QED) is 0.732. The van der Waals surface area contributed by atoms with Crippen LogP contribution in [-0.2, 0) is 0 Å².